The molecular formula is C58H79Cl3N14O4P2. The van der Waals surface area contributed by atoms with Gasteiger partial charge in [-0.25, -0.2) is 9.97 Å². The van der Waals surface area contributed by atoms with Gasteiger partial charge in [-0.2, -0.15) is 9.97 Å². The first-order valence-electron chi connectivity index (χ1n) is 27.5. The zero-order valence-corrected chi connectivity index (χ0v) is 52.0. The lowest BCUT2D eigenvalue weighted by atomic mass is 10.0. The Morgan fingerprint density at radius 3 is 1.43 bits per heavy atom. The Kier molecular flexibility index (Phi) is 21.5. The van der Waals surface area contributed by atoms with Gasteiger partial charge in [-0.1, -0.05) is 47.5 Å². The highest BCUT2D eigenvalue weighted by Gasteiger charge is 2.29. The number of anilines is 9. The number of benzene rings is 4. The lowest BCUT2D eigenvalue weighted by molar-refractivity contribution is 0.0982. The molecule has 0 saturated carbocycles. The molecule has 0 aliphatic carbocycles. The molecule has 6 heterocycles. The number of nitrogens with two attached hydrogens (primary N) is 1. The SMILES string of the molecule is COc1cc(N2CCC(N3CCN(C)CC3)CC2)ccc1N.COc1cc(N2CCC(N3CCN(C)CC3)CC2)ccc1Nc1ncc(Cl)c(Nc2ccccc2P(C)(C)=O)n1.CP(C)(=O)c1ccccc1Nc1nc(Cl)ncc1Cl. The normalized spacial score (nSPS) is 17.3. The second kappa shape index (κ2) is 28.3. The van der Waals surface area contributed by atoms with Gasteiger partial charge in [0.25, 0.3) is 0 Å². The fourth-order valence-electron chi connectivity index (χ4n) is 10.7. The fraction of sp³-hybridized carbons (Fsp3) is 0.448. The first-order valence-corrected chi connectivity index (χ1v) is 33.9. The fourth-order valence-corrected chi connectivity index (χ4v) is 13.4. The summed E-state index contributed by atoms with van der Waals surface area (Å²) in [6, 6.07) is 28.6. The van der Waals surface area contributed by atoms with Gasteiger partial charge in [-0.3, -0.25) is 9.80 Å². The number of piperazine rings is 2. The third-order valence-corrected chi connectivity index (χ3v) is 19.2. The van der Waals surface area contributed by atoms with Crippen LogP contribution in [-0.2, 0) is 9.13 Å². The van der Waals surface area contributed by atoms with E-state index in [1.165, 1.54) is 76.8 Å². The number of likely N-dealkylation sites (N-methyl/N-ethyl adjacent to an activating group) is 2. The number of methoxy groups -OCH3 is 2. The minimum Gasteiger partial charge on any atom is -0.495 e. The van der Waals surface area contributed by atoms with Crippen molar-refractivity contribution in [1.82, 2.24) is 39.5 Å². The topological polar surface area (TPSA) is 186 Å². The number of aromatic nitrogens is 4. The summed E-state index contributed by atoms with van der Waals surface area (Å²) in [4.78, 5) is 31.8. The number of halogens is 3. The molecule has 0 bridgehead atoms. The average Bonchev–Trinajstić information content (AvgIpc) is 3.55. The Bertz CT molecular complexity index is 3140. The molecule has 2 aromatic heterocycles. The van der Waals surface area contributed by atoms with Crippen molar-refractivity contribution in [2.45, 2.75) is 37.8 Å². The Hall–Kier alpha value is -5.39. The molecule has 0 unspecified atom stereocenters. The first-order chi connectivity index (χ1) is 38.8. The second-order valence-electron chi connectivity index (χ2n) is 21.8. The number of nitrogens with one attached hydrogen (secondary N) is 3. The summed E-state index contributed by atoms with van der Waals surface area (Å²) < 4.78 is 36.1. The van der Waals surface area contributed by atoms with E-state index < -0.39 is 14.3 Å². The van der Waals surface area contributed by atoms with Gasteiger partial charge < -0.3 is 59.9 Å². The van der Waals surface area contributed by atoms with Crippen LogP contribution in [-0.4, -0.2) is 185 Å². The molecular weight excluding hydrogens is 1130 g/mol. The molecule has 4 fully saturated rings. The van der Waals surface area contributed by atoms with Crippen LogP contribution in [0.2, 0.25) is 15.3 Å². The molecule has 0 amide bonds. The lowest BCUT2D eigenvalue weighted by Crippen LogP contribution is -2.52. The van der Waals surface area contributed by atoms with Crippen LogP contribution in [0.5, 0.6) is 11.5 Å². The predicted octanol–water partition coefficient (Wildman–Crippen LogP) is 10.4. The highest BCUT2D eigenvalue weighted by molar-refractivity contribution is 7.70. The largest absolute Gasteiger partial charge is 0.495 e. The Balaban J connectivity index is 0.000000176. The molecule has 6 aromatic rings. The van der Waals surface area contributed by atoms with Crippen molar-refractivity contribution in [3.8, 4) is 11.5 Å². The van der Waals surface area contributed by atoms with Gasteiger partial charge >= 0.3 is 0 Å². The third-order valence-electron chi connectivity index (χ3n) is 15.3. The van der Waals surface area contributed by atoms with Crippen LogP contribution in [0.4, 0.5) is 51.7 Å². The number of nitrogens with zero attached hydrogens (tertiary/aromatic N) is 10. The summed E-state index contributed by atoms with van der Waals surface area (Å²) in [6.07, 6.45) is 7.81. The standard InChI is InChI=1S/C29H39ClN7O2P.C17H28N4O.C12H12Cl2N3OP/c1-35-15-17-37(18-16-35)21-11-13-36(14-12-21)22-9-10-24(26(19-22)39-2)33-29-31-20-23(30)28(34-29)32-25-7-5-6-8-27(25)40(3,4)38;1-19-9-11-21(12-10-19)14-5-7-20(8-6-14)15-3-4-16(18)17(13-15)22-2;1-19(2,18)10-6-4-3-5-9(10)16-11-8(13)7-15-12(14)17-11/h5-10,19-21H,11-18H2,1-4H3,(H2,31,32,33,34);3-4,13-14H,5-12,18H2,1-2H3;3-7H,1-2H3,(H,15,16,17). The lowest BCUT2D eigenvalue weighted by Gasteiger charge is -2.42. The number of rotatable bonds is 14. The van der Waals surface area contributed by atoms with Crippen molar-refractivity contribution in [3.63, 3.8) is 0 Å². The number of hydrogen-bond acceptors (Lipinski definition) is 18. The summed E-state index contributed by atoms with van der Waals surface area (Å²) in [5, 5.41) is 11.9. The van der Waals surface area contributed by atoms with Gasteiger partial charge in [0.1, 0.15) is 35.8 Å². The minimum atomic E-state index is -2.50. The molecule has 0 spiro atoms. The molecule has 436 valence electrons. The zero-order valence-electron chi connectivity index (χ0n) is 47.9. The van der Waals surface area contributed by atoms with Gasteiger partial charge in [-0.15, -0.1) is 0 Å². The molecule has 18 nitrogen and oxygen atoms in total. The summed E-state index contributed by atoms with van der Waals surface area (Å²) in [5.74, 6) is 2.69. The molecule has 4 aliphatic heterocycles. The van der Waals surface area contributed by atoms with E-state index in [9.17, 15) is 9.13 Å². The van der Waals surface area contributed by atoms with Crippen molar-refractivity contribution in [2.75, 3.05) is 165 Å². The number of nitrogen functional groups attached to an aromatic ring is 1. The monoisotopic (exact) mass is 1200 g/mol. The number of piperidine rings is 2. The predicted molar refractivity (Wildman–Crippen MR) is 339 cm³/mol. The zero-order chi connectivity index (χ0) is 57.8. The summed E-state index contributed by atoms with van der Waals surface area (Å²) in [5.41, 5.74) is 11.2. The third kappa shape index (κ3) is 16.9. The molecule has 0 atom stereocenters. The molecule has 0 radical (unpaired) electrons. The van der Waals surface area contributed by atoms with Crippen LogP contribution in [0.1, 0.15) is 25.7 Å². The van der Waals surface area contributed by atoms with Crippen molar-refractivity contribution >= 4 is 111 Å². The van der Waals surface area contributed by atoms with Crippen LogP contribution in [0, 0.1) is 0 Å². The van der Waals surface area contributed by atoms with E-state index in [1.807, 2.05) is 60.7 Å². The van der Waals surface area contributed by atoms with E-state index in [4.69, 9.17) is 50.0 Å². The van der Waals surface area contributed by atoms with Crippen LogP contribution in [0.15, 0.2) is 97.3 Å². The molecule has 23 heteroatoms. The Morgan fingerprint density at radius 1 is 0.531 bits per heavy atom. The maximum atomic E-state index is 12.8. The molecule has 4 aliphatic rings. The van der Waals surface area contributed by atoms with Gasteiger partial charge in [0, 0.05) is 125 Å². The number of ether oxygens (including phenoxy) is 2. The summed E-state index contributed by atoms with van der Waals surface area (Å²) in [6.45, 7) is 20.7. The van der Waals surface area contributed by atoms with E-state index in [-0.39, 0.29) is 5.28 Å². The van der Waals surface area contributed by atoms with Crippen LogP contribution in [0.3, 0.4) is 0 Å². The van der Waals surface area contributed by atoms with Crippen LogP contribution in [0.25, 0.3) is 0 Å². The molecule has 4 aromatic carbocycles. The highest BCUT2D eigenvalue weighted by Crippen LogP contribution is 2.41. The van der Waals surface area contributed by atoms with Gasteiger partial charge in [0.15, 0.2) is 11.6 Å². The number of para-hydroxylation sites is 2. The van der Waals surface area contributed by atoms with Crippen molar-refractivity contribution in [1.29, 1.82) is 0 Å². The van der Waals surface area contributed by atoms with Gasteiger partial charge in [0.2, 0.25) is 11.2 Å². The minimum absolute atomic E-state index is 0.0977. The van der Waals surface area contributed by atoms with Crippen LogP contribution < -0.4 is 51.6 Å². The maximum Gasteiger partial charge on any atom is 0.229 e. The molecule has 10 rings (SSSR count). The van der Waals surface area contributed by atoms with Crippen LogP contribution >= 0.6 is 49.1 Å². The Labute approximate surface area is 493 Å². The molecule has 5 N–H and O–H groups in total. The van der Waals surface area contributed by atoms with Gasteiger partial charge in [0.05, 0.1) is 49.4 Å². The van der Waals surface area contributed by atoms with E-state index in [0.717, 1.165) is 78.8 Å². The second-order valence-corrected chi connectivity index (χ2v) is 29.3. The molecule has 4 saturated heterocycles. The first kappa shape index (κ1) is 61.7. The maximum absolute atomic E-state index is 12.8. The van der Waals surface area contributed by atoms with Crippen molar-refractivity contribution in [2.24, 2.45) is 0 Å². The molecule has 81 heavy (non-hydrogen) atoms. The summed E-state index contributed by atoms with van der Waals surface area (Å²) >= 11 is 18.2. The number of hydrogen-bond donors (Lipinski definition) is 4. The van der Waals surface area contributed by atoms with E-state index >= 15 is 0 Å². The average molecular weight is 1200 g/mol. The Morgan fingerprint density at radius 2 is 0.963 bits per heavy atom. The summed E-state index contributed by atoms with van der Waals surface area (Å²) in [7, 11) is 2.86. The van der Waals surface area contributed by atoms with Crippen molar-refractivity contribution in [3.05, 3.63) is 113 Å². The van der Waals surface area contributed by atoms with Crippen molar-refractivity contribution < 1.29 is 18.6 Å². The highest BCUT2D eigenvalue weighted by atomic mass is 35.5. The quantitative estimate of drug-likeness (QED) is 0.0458. The smallest absolute Gasteiger partial charge is 0.229 e. The van der Waals surface area contributed by atoms with E-state index in [1.54, 1.807) is 47.1 Å². The van der Waals surface area contributed by atoms with E-state index in [0.29, 0.717) is 50.7 Å². The van der Waals surface area contributed by atoms with Gasteiger partial charge in [-0.05, 0) is 127 Å². The van der Waals surface area contributed by atoms with E-state index in [2.05, 4.69) is 104 Å².